The molecule has 14 heavy (non-hydrogen) atoms. The van der Waals surface area contributed by atoms with E-state index in [0.29, 0.717) is 0 Å². The van der Waals surface area contributed by atoms with Gasteiger partial charge in [-0.05, 0) is 6.92 Å². The van der Waals surface area contributed by atoms with E-state index in [9.17, 15) is 4.79 Å². The highest BCUT2D eigenvalue weighted by Crippen LogP contribution is 1.78. The first kappa shape index (κ1) is 18.7. The van der Waals surface area contributed by atoms with Crippen LogP contribution in [0.2, 0.25) is 0 Å². The van der Waals surface area contributed by atoms with Gasteiger partial charge in [0.25, 0.3) is 0 Å². The quantitative estimate of drug-likeness (QED) is 0.510. The Balaban J connectivity index is -0.000000152. The number of carbonyl (C=O) groups excluding carboxylic acids is 1. The van der Waals surface area contributed by atoms with Crippen LogP contribution in [0.4, 0.5) is 4.79 Å². The molecule has 0 radical (unpaired) electrons. The molecule has 0 saturated carbocycles. The first-order valence-electron chi connectivity index (χ1n) is 4.32. The van der Waals surface area contributed by atoms with E-state index in [-0.39, 0.29) is 0 Å². The molecule has 0 aromatic rings. The summed E-state index contributed by atoms with van der Waals surface area (Å²) in [6.07, 6.45) is 9.51. The highest BCUT2D eigenvalue weighted by atomic mass is 35.5. The van der Waals surface area contributed by atoms with Crippen molar-refractivity contribution in [3.8, 4) is 0 Å². The molecule has 0 saturated heterocycles. The van der Waals surface area contributed by atoms with Crippen molar-refractivity contribution in [3.05, 3.63) is 37.0 Å². The number of halogens is 1. The van der Waals surface area contributed by atoms with E-state index in [4.69, 9.17) is 0 Å². The van der Waals surface area contributed by atoms with E-state index in [1.165, 1.54) is 7.11 Å². The first-order chi connectivity index (χ1) is 6.68. The van der Waals surface area contributed by atoms with E-state index in [0.717, 1.165) is 0 Å². The molecule has 0 atom stereocenters. The van der Waals surface area contributed by atoms with Crippen LogP contribution in [0.3, 0.4) is 0 Å². The summed E-state index contributed by atoms with van der Waals surface area (Å²) in [7, 11) is 1.22. The van der Waals surface area contributed by atoms with Crippen LogP contribution >= 0.6 is 11.6 Å². The lowest BCUT2D eigenvalue weighted by atomic mass is 10.4. The second-order valence-electron chi connectivity index (χ2n) is 1.59. The van der Waals surface area contributed by atoms with E-state index in [1.54, 1.807) is 6.08 Å². The van der Waals surface area contributed by atoms with Crippen molar-refractivity contribution in [1.82, 2.24) is 0 Å². The summed E-state index contributed by atoms with van der Waals surface area (Å²) in [5.41, 5.74) is -0.773. The molecule has 0 spiro atoms. The minimum absolute atomic E-state index is 0.773. The number of rotatable bonds is 2. The molecule has 0 N–H and O–H groups in total. The smallest absolute Gasteiger partial charge is 0.403 e. The summed E-state index contributed by atoms with van der Waals surface area (Å²) in [6.45, 7) is 9.49. The Labute approximate surface area is 91.9 Å². The average molecular weight is 219 g/mol. The molecule has 0 rings (SSSR count). The second-order valence-corrected chi connectivity index (χ2v) is 1.90. The molecule has 0 unspecified atom stereocenters. The Bertz CT molecular complexity index is 172. The van der Waals surface area contributed by atoms with Crippen LogP contribution in [-0.4, -0.2) is 12.5 Å². The van der Waals surface area contributed by atoms with Crippen molar-refractivity contribution in [2.75, 3.05) is 7.11 Å². The molecule has 2 nitrogen and oxygen atoms in total. The van der Waals surface area contributed by atoms with Crippen LogP contribution < -0.4 is 0 Å². The fraction of sp³-hybridized carbons (Fsp3) is 0.364. The van der Waals surface area contributed by atoms with Gasteiger partial charge in [-0.3, -0.25) is 0 Å². The van der Waals surface area contributed by atoms with Gasteiger partial charge in [0, 0.05) is 11.6 Å². The molecule has 0 aromatic carbocycles. The molecule has 82 valence electrons. The summed E-state index contributed by atoms with van der Waals surface area (Å²) >= 11 is 4.60. The third-order valence-corrected chi connectivity index (χ3v) is 0.866. The van der Waals surface area contributed by atoms with Crippen LogP contribution in [0, 0.1) is 0 Å². The zero-order valence-electron chi connectivity index (χ0n) is 9.29. The number of hydrogen-bond donors (Lipinski definition) is 0. The number of hydrogen-bond acceptors (Lipinski definition) is 2. The third-order valence-electron chi connectivity index (χ3n) is 0.711. The van der Waals surface area contributed by atoms with Gasteiger partial charge in [0.1, 0.15) is 0 Å². The Hall–Kier alpha value is -1.02. The normalized spacial score (nSPS) is 8.36. The maximum absolute atomic E-state index is 9.36. The van der Waals surface area contributed by atoms with Gasteiger partial charge < -0.3 is 4.74 Å². The molecule has 0 aliphatic carbocycles. The number of carbonyl (C=O) groups is 1. The van der Waals surface area contributed by atoms with Gasteiger partial charge in [-0.25, -0.2) is 4.79 Å². The van der Waals surface area contributed by atoms with Crippen molar-refractivity contribution in [1.29, 1.82) is 0 Å². The van der Waals surface area contributed by atoms with Crippen LogP contribution in [0.25, 0.3) is 0 Å². The zero-order chi connectivity index (χ0) is 11.8. The lowest BCUT2D eigenvalue weighted by Crippen LogP contribution is -1.80. The van der Waals surface area contributed by atoms with Crippen LogP contribution in [0.1, 0.15) is 20.8 Å². The minimum atomic E-state index is -0.773. The van der Waals surface area contributed by atoms with Gasteiger partial charge in [0.15, 0.2) is 0 Å². The first-order valence-corrected chi connectivity index (χ1v) is 4.70. The zero-order valence-corrected chi connectivity index (χ0v) is 10.0. The molecular formula is C11H19ClO2. The largest absolute Gasteiger partial charge is 0.457 e. The molecule has 0 fully saturated rings. The molecule has 0 amide bonds. The fourth-order valence-corrected chi connectivity index (χ4v) is 0.254. The van der Waals surface area contributed by atoms with E-state index in [1.807, 2.05) is 45.1 Å². The van der Waals surface area contributed by atoms with Crippen LogP contribution in [0.15, 0.2) is 37.0 Å². The Morgan fingerprint density at radius 2 is 1.71 bits per heavy atom. The van der Waals surface area contributed by atoms with Gasteiger partial charge in [-0.2, -0.15) is 0 Å². The van der Waals surface area contributed by atoms with Crippen molar-refractivity contribution in [2.45, 2.75) is 20.8 Å². The highest BCUT2D eigenvalue weighted by molar-refractivity contribution is 6.61. The summed E-state index contributed by atoms with van der Waals surface area (Å²) in [4.78, 5) is 9.36. The van der Waals surface area contributed by atoms with E-state index < -0.39 is 5.43 Å². The lowest BCUT2D eigenvalue weighted by molar-refractivity contribution is 0.198. The topological polar surface area (TPSA) is 26.3 Å². The number of ether oxygens (including phenoxy) is 1. The average Bonchev–Trinajstić information content (AvgIpc) is 2.22. The second kappa shape index (κ2) is 22.7. The Kier molecular flexibility index (Phi) is 30.3. The standard InChI is InChI=1S/C7H10.C2H3ClO2.C2H6/c1-3-5-7-6-4-2;1-5-2(3)4;1-2/h3-7H,1H2,2H3;1H3;1-2H3/b6-4-,7-5-;;. The van der Waals surface area contributed by atoms with Gasteiger partial charge in [-0.1, -0.05) is 50.8 Å². The summed E-state index contributed by atoms with van der Waals surface area (Å²) in [6, 6.07) is 0. The molecule has 0 aliphatic heterocycles. The van der Waals surface area contributed by atoms with Gasteiger partial charge in [0.2, 0.25) is 0 Å². The highest BCUT2D eigenvalue weighted by Gasteiger charge is 1.80. The fourth-order valence-electron chi connectivity index (χ4n) is 0.254. The van der Waals surface area contributed by atoms with Crippen molar-refractivity contribution < 1.29 is 9.53 Å². The van der Waals surface area contributed by atoms with E-state index in [2.05, 4.69) is 22.9 Å². The molecule has 0 heterocycles. The summed E-state index contributed by atoms with van der Waals surface area (Å²) in [5, 5.41) is 0. The maximum Gasteiger partial charge on any atom is 0.403 e. The van der Waals surface area contributed by atoms with Crippen molar-refractivity contribution in [3.63, 3.8) is 0 Å². The number of allylic oxidation sites excluding steroid dienone is 5. The maximum atomic E-state index is 9.36. The third kappa shape index (κ3) is 44.1. The molecular weight excluding hydrogens is 200 g/mol. The Morgan fingerprint density at radius 3 is 1.93 bits per heavy atom. The predicted octanol–water partition coefficient (Wildman–Crippen LogP) is 4.32. The van der Waals surface area contributed by atoms with Crippen LogP contribution in [-0.2, 0) is 4.74 Å². The van der Waals surface area contributed by atoms with Gasteiger partial charge in [-0.15, -0.1) is 0 Å². The van der Waals surface area contributed by atoms with Crippen LogP contribution in [0.5, 0.6) is 0 Å². The number of methoxy groups -OCH3 is 1. The van der Waals surface area contributed by atoms with Gasteiger partial charge in [0.05, 0.1) is 7.11 Å². The Morgan fingerprint density at radius 1 is 1.29 bits per heavy atom. The summed E-state index contributed by atoms with van der Waals surface area (Å²) < 4.78 is 3.88. The SMILES string of the molecule is C=C/C=C\C=C/C.CC.COC(=O)Cl. The molecule has 0 aromatic heterocycles. The molecule has 3 heteroatoms. The molecule has 0 aliphatic rings. The molecule has 0 bridgehead atoms. The predicted molar refractivity (Wildman–Crippen MR) is 63.8 cm³/mol. The summed E-state index contributed by atoms with van der Waals surface area (Å²) in [5.74, 6) is 0. The van der Waals surface area contributed by atoms with Crippen molar-refractivity contribution in [2.24, 2.45) is 0 Å². The van der Waals surface area contributed by atoms with E-state index >= 15 is 0 Å². The lowest BCUT2D eigenvalue weighted by Gasteiger charge is -1.77. The van der Waals surface area contributed by atoms with Crippen molar-refractivity contribution >= 4 is 17.0 Å². The monoisotopic (exact) mass is 218 g/mol. The minimum Gasteiger partial charge on any atom is -0.457 e. The van der Waals surface area contributed by atoms with Gasteiger partial charge >= 0.3 is 5.43 Å².